The number of halogens is 1. The summed E-state index contributed by atoms with van der Waals surface area (Å²) in [7, 11) is 0. The molecule has 1 nitrogen and oxygen atoms in total. The lowest BCUT2D eigenvalue weighted by atomic mass is 10.1. The number of rotatable bonds is 4. The molecule has 0 amide bonds. The molecule has 0 saturated heterocycles. The standard InChI is InChI=1S/C7H15N.ClH/c1-3-4-5-6-7(2)8;/h3,7H,1,4-6,8H2,2H3;1H. The van der Waals surface area contributed by atoms with Crippen molar-refractivity contribution in [1.29, 1.82) is 0 Å². The molecule has 0 spiro atoms. The van der Waals surface area contributed by atoms with Crippen molar-refractivity contribution in [3.63, 3.8) is 0 Å². The molecule has 0 aromatic rings. The molecule has 2 N–H and O–H groups in total. The minimum atomic E-state index is 0. The number of nitrogens with two attached hydrogens (primary N) is 1. The lowest BCUT2D eigenvalue weighted by molar-refractivity contribution is 0.630. The molecule has 0 rings (SSSR count). The van der Waals surface area contributed by atoms with Gasteiger partial charge in [0.05, 0.1) is 0 Å². The molecule has 0 bridgehead atoms. The summed E-state index contributed by atoms with van der Waals surface area (Å²) in [6.45, 7) is 5.65. The van der Waals surface area contributed by atoms with E-state index in [9.17, 15) is 0 Å². The maximum absolute atomic E-state index is 5.50. The van der Waals surface area contributed by atoms with Gasteiger partial charge < -0.3 is 5.73 Å². The first-order valence-electron chi connectivity index (χ1n) is 3.14. The predicted octanol–water partition coefficient (Wildman–Crippen LogP) is 2.11. The van der Waals surface area contributed by atoms with Crippen molar-refractivity contribution in [3.8, 4) is 0 Å². The summed E-state index contributed by atoms with van der Waals surface area (Å²) in [5.41, 5.74) is 5.50. The van der Waals surface area contributed by atoms with Gasteiger partial charge in [-0.1, -0.05) is 6.08 Å². The Morgan fingerprint density at radius 1 is 1.67 bits per heavy atom. The molecule has 0 aromatic heterocycles. The van der Waals surface area contributed by atoms with Crippen molar-refractivity contribution in [2.45, 2.75) is 32.2 Å². The molecule has 0 fully saturated rings. The Hall–Kier alpha value is -0.0100. The van der Waals surface area contributed by atoms with Crippen LogP contribution in [0.1, 0.15) is 26.2 Å². The van der Waals surface area contributed by atoms with E-state index in [-0.39, 0.29) is 12.4 Å². The molecule has 0 heterocycles. The summed E-state index contributed by atoms with van der Waals surface area (Å²) < 4.78 is 0. The summed E-state index contributed by atoms with van der Waals surface area (Å²) >= 11 is 0. The van der Waals surface area contributed by atoms with E-state index in [4.69, 9.17) is 5.73 Å². The molecular formula is C7H16ClN. The van der Waals surface area contributed by atoms with Gasteiger partial charge in [-0.3, -0.25) is 0 Å². The molecule has 0 aromatic carbocycles. The van der Waals surface area contributed by atoms with Crippen LogP contribution in [0.25, 0.3) is 0 Å². The molecular weight excluding hydrogens is 134 g/mol. The molecule has 0 aliphatic heterocycles. The second-order valence-corrected chi connectivity index (χ2v) is 2.20. The fraction of sp³-hybridized carbons (Fsp3) is 0.714. The van der Waals surface area contributed by atoms with Gasteiger partial charge in [0.25, 0.3) is 0 Å². The zero-order valence-electron chi connectivity index (χ0n) is 5.97. The van der Waals surface area contributed by atoms with Crippen LogP contribution in [0.5, 0.6) is 0 Å². The van der Waals surface area contributed by atoms with Crippen LogP contribution in [0.2, 0.25) is 0 Å². The highest BCUT2D eigenvalue weighted by Gasteiger charge is 1.89. The lowest BCUT2D eigenvalue weighted by Crippen LogP contribution is -2.13. The predicted molar refractivity (Wildman–Crippen MR) is 44.9 cm³/mol. The second-order valence-electron chi connectivity index (χ2n) is 2.20. The first-order valence-corrected chi connectivity index (χ1v) is 3.14. The topological polar surface area (TPSA) is 26.0 Å². The third-order valence-corrected chi connectivity index (χ3v) is 1.07. The number of hydrogen-bond acceptors (Lipinski definition) is 1. The molecule has 1 unspecified atom stereocenters. The molecule has 1 atom stereocenters. The number of unbranched alkanes of at least 4 members (excludes halogenated alkanes) is 1. The van der Waals surface area contributed by atoms with Crippen LogP contribution >= 0.6 is 12.4 Å². The van der Waals surface area contributed by atoms with Crippen molar-refractivity contribution >= 4 is 12.4 Å². The van der Waals surface area contributed by atoms with Gasteiger partial charge in [-0.05, 0) is 26.2 Å². The van der Waals surface area contributed by atoms with Crippen LogP contribution in [-0.2, 0) is 0 Å². The fourth-order valence-electron chi connectivity index (χ4n) is 0.584. The van der Waals surface area contributed by atoms with E-state index >= 15 is 0 Å². The van der Waals surface area contributed by atoms with Crippen molar-refractivity contribution in [2.75, 3.05) is 0 Å². The van der Waals surface area contributed by atoms with Gasteiger partial charge in [-0.15, -0.1) is 19.0 Å². The smallest absolute Gasteiger partial charge is 0.00105 e. The molecule has 9 heavy (non-hydrogen) atoms. The Labute approximate surface area is 63.7 Å². The van der Waals surface area contributed by atoms with Crippen molar-refractivity contribution in [3.05, 3.63) is 12.7 Å². The minimum Gasteiger partial charge on any atom is -0.328 e. The minimum absolute atomic E-state index is 0. The van der Waals surface area contributed by atoms with E-state index in [2.05, 4.69) is 6.58 Å². The van der Waals surface area contributed by atoms with Crippen LogP contribution in [0.4, 0.5) is 0 Å². The quantitative estimate of drug-likeness (QED) is 0.481. The van der Waals surface area contributed by atoms with Crippen LogP contribution in [0.15, 0.2) is 12.7 Å². The Kier molecular flexibility index (Phi) is 10.4. The number of hydrogen-bond donors (Lipinski definition) is 1. The highest BCUT2D eigenvalue weighted by molar-refractivity contribution is 5.85. The van der Waals surface area contributed by atoms with Crippen LogP contribution in [-0.4, -0.2) is 6.04 Å². The molecule has 0 radical (unpaired) electrons. The number of allylic oxidation sites excluding steroid dienone is 1. The Morgan fingerprint density at radius 2 is 2.22 bits per heavy atom. The first-order chi connectivity index (χ1) is 3.77. The molecule has 2 heteroatoms. The fourth-order valence-corrected chi connectivity index (χ4v) is 0.584. The van der Waals surface area contributed by atoms with E-state index in [1.807, 2.05) is 13.0 Å². The molecule has 0 aliphatic rings. The van der Waals surface area contributed by atoms with Gasteiger partial charge in [0.15, 0.2) is 0 Å². The van der Waals surface area contributed by atoms with Gasteiger partial charge in [0, 0.05) is 6.04 Å². The average molecular weight is 150 g/mol. The Balaban J connectivity index is 0. The molecule has 0 aliphatic carbocycles. The maximum atomic E-state index is 5.50. The van der Waals surface area contributed by atoms with E-state index in [1.54, 1.807) is 0 Å². The third kappa shape index (κ3) is 11.5. The Morgan fingerprint density at radius 3 is 2.56 bits per heavy atom. The first kappa shape index (κ1) is 11.7. The summed E-state index contributed by atoms with van der Waals surface area (Å²) in [6.07, 6.45) is 5.33. The van der Waals surface area contributed by atoms with Gasteiger partial charge in [0.2, 0.25) is 0 Å². The highest BCUT2D eigenvalue weighted by atomic mass is 35.5. The average Bonchev–Trinajstić information content (AvgIpc) is 1.66. The van der Waals surface area contributed by atoms with E-state index in [0.29, 0.717) is 6.04 Å². The van der Waals surface area contributed by atoms with Crippen LogP contribution < -0.4 is 5.73 Å². The van der Waals surface area contributed by atoms with Crippen molar-refractivity contribution in [1.82, 2.24) is 0 Å². The van der Waals surface area contributed by atoms with Gasteiger partial charge in [0.1, 0.15) is 0 Å². The summed E-state index contributed by atoms with van der Waals surface area (Å²) in [4.78, 5) is 0. The Bertz CT molecular complexity index is 61.9. The lowest BCUT2D eigenvalue weighted by Gasteiger charge is -2.00. The summed E-state index contributed by atoms with van der Waals surface area (Å²) in [6, 6.07) is 0.356. The maximum Gasteiger partial charge on any atom is 0.00105 e. The van der Waals surface area contributed by atoms with E-state index in [1.165, 1.54) is 6.42 Å². The monoisotopic (exact) mass is 149 g/mol. The van der Waals surface area contributed by atoms with Gasteiger partial charge in [-0.2, -0.15) is 0 Å². The molecule has 0 saturated carbocycles. The summed E-state index contributed by atoms with van der Waals surface area (Å²) in [5.74, 6) is 0. The van der Waals surface area contributed by atoms with Crippen LogP contribution in [0.3, 0.4) is 0 Å². The normalized spacial score (nSPS) is 11.8. The van der Waals surface area contributed by atoms with Gasteiger partial charge in [-0.25, -0.2) is 0 Å². The largest absolute Gasteiger partial charge is 0.328 e. The van der Waals surface area contributed by atoms with Crippen molar-refractivity contribution in [2.24, 2.45) is 5.73 Å². The van der Waals surface area contributed by atoms with E-state index in [0.717, 1.165) is 12.8 Å². The highest BCUT2D eigenvalue weighted by Crippen LogP contribution is 1.97. The summed E-state index contributed by atoms with van der Waals surface area (Å²) in [5, 5.41) is 0. The van der Waals surface area contributed by atoms with Gasteiger partial charge >= 0.3 is 0 Å². The third-order valence-electron chi connectivity index (χ3n) is 1.07. The zero-order chi connectivity index (χ0) is 6.41. The SMILES string of the molecule is C=CCCCC(C)N.Cl. The van der Waals surface area contributed by atoms with E-state index < -0.39 is 0 Å². The van der Waals surface area contributed by atoms with Crippen molar-refractivity contribution < 1.29 is 0 Å². The molecule has 56 valence electrons. The zero-order valence-corrected chi connectivity index (χ0v) is 6.79. The van der Waals surface area contributed by atoms with Crippen LogP contribution in [0, 0.1) is 0 Å². The second kappa shape index (κ2) is 7.99.